The van der Waals surface area contributed by atoms with Crippen molar-refractivity contribution in [3.8, 4) is 0 Å². The summed E-state index contributed by atoms with van der Waals surface area (Å²) in [6, 6.07) is 15.3. The van der Waals surface area contributed by atoms with Gasteiger partial charge in [-0.3, -0.25) is 4.79 Å². The second-order valence-electron chi connectivity index (χ2n) is 6.96. The minimum atomic E-state index is -0.980. The molecule has 0 radical (unpaired) electrons. The SMILES string of the molecule is CCC(c1[nH]c2ccccc2c1C[C@H](N)C(=O)O)c1c[nH]c2ccccc12. The lowest BCUT2D eigenvalue weighted by Gasteiger charge is -2.17. The van der Waals surface area contributed by atoms with Gasteiger partial charge in [-0.1, -0.05) is 43.3 Å². The summed E-state index contributed by atoms with van der Waals surface area (Å²) in [5, 5.41) is 11.6. The van der Waals surface area contributed by atoms with Crippen LogP contribution in [0.2, 0.25) is 0 Å². The molecule has 4 aromatic rings. The van der Waals surface area contributed by atoms with E-state index in [1.165, 1.54) is 10.9 Å². The Morgan fingerprint density at radius 1 is 1.07 bits per heavy atom. The normalized spacial score (nSPS) is 13.9. The zero-order chi connectivity index (χ0) is 19.0. The van der Waals surface area contributed by atoms with Gasteiger partial charge in [-0.2, -0.15) is 0 Å². The maximum atomic E-state index is 11.4. The Balaban J connectivity index is 1.89. The molecule has 2 aromatic heterocycles. The number of hydrogen-bond acceptors (Lipinski definition) is 2. The van der Waals surface area contributed by atoms with Crippen LogP contribution in [-0.4, -0.2) is 27.1 Å². The molecule has 2 atom stereocenters. The number of carboxylic acids is 1. The third-order valence-electron chi connectivity index (χ3n) is 5.34. The highest BCUT2D eigenvalue weighted by Gasteiger charge is 2.25. The van der Waals surface area contributed by atoms with Crippen LogP contribution in [0.25, 0.3) is 21.8 Å². The largest absolute Gasteiger partial charge is 0.480 e. The lowest BCUT2D eigenvalue weighted by atomic mass is 9.88. The Labute approximate surface area is 157 Å². The summed E-state index contributed by atoms with van der Waals surface area (Å²) in [4.78, 5) is 18.3. The Bertz CT molecular complexity index is 1110. The molecule has 0 aliphatic heterocycles. The number of aliphatic carboxylic acids is 1. The Hall–Kier alpha value is -3.05. The molecule has 0 fully saturated rings. The topological polar surface area (TPSA) is 94.9 Å². The number of nitrogens with two attached hydrogens (primary N) is 1. The van der Waals surface area contributed by atoms with E-state index in [-0.39, 0.29) is 5.92 Å². The molecular formula is C22H23N3O2. The fourth-order valence-corrected chi connectivity index (χ4v) is 4.01. The standard InChI is InChI=1S/C22H23N3O2/c1-2-13(17-12-24-19-9-5-3-8-15(17)19)21-16(11-18(23)22(26)27)14-7-4-6-10-20(14)25-21/h3-10,12-13,18,24-25H,2,11,23H2,1H3,(H,26,27)/t13?,18-/m0/s1. The molecule has 27 heavy (non-hydrogen) atoms. The second-order valence-corrected chi connectivity index (χ2v) is 6.96. The number of H-pyrrole nitrogens is 2. The summed E-state index contributed by atoms with van der Waals surface area (Å²) < 4.78 is 0. The number of para-hydroxylation sites is 2. The predicted molar refractivity (Wildman–Crippen MR) is 108 cm³/mol. The highest BCUT2D eigenvalue weighted by atomic mass is 16.4. The van der Waals surface area contributed by atoms with Crippen molar-refractivity contribution in [3.05, 3.63) is 71.5 Å². The molecule has 2 heterocycles. The lowest BCUT2D eigenvalue weighted by molar-refractivity contribution is -0.138. The summed E-state index contributed by atoms with van der Waals surface area (Å²) in [6.07, 6.45) is 3.25. The van der Waals surface area contributed by atoms with Gasteiger partial charge in [-0.25, -0.2) is 0 Å². The van der Waals surface area contributed by atoms with Crippen LogP contribution in [0.5, 0.6) is 0 Å². The van der Waals surface area contributed by atoms with E-state index < -0.39 is 12.0 Å². The number of carbonyl (C=O) groups is 1. The van der Waals surface area contributed by atoms with Gasteiger partial charge in [0.2, 0.25) is 0 Å². The average Bonchev–Trinajstić information content (AvgIpc) is 3.25. The first kappa shape index (κ1) is 17.4. The Morgan fingerprint density at radius 3 is 2.44 bits per heavy atom. The first-order valence-electron chi connectivity index (χ1n) is 9.24. The molecule has 2 aromatic carbocycles. The van der Waals surface area contributed by atoms with Crippen molar-refractivity contribution in [1.82, 2.24) is 9.97 Å². The number of aromatic nitrogens is 2. The van der Waals surface area contributed by atoms with E-state index in [2.05, 4.69) is 35.2 Å². The number of rotatable bonds is 6. The van der Waals surface area contributed by atoms with Crippen molar-refractivity contribution in [1.29, 1.82) is 0 Å². The van der Waals surface area contributed by atoms with Gasteiger partial charge in [0, 0.05) is 46.0 Å². The van der Waals surface area contributed by atoms with Crippen molar-refractivity contribution in [3.63, 3.8) is 0 Å². The monoisotopic (exact) mass is 361 g/mol. The summed E-state index contributed by atoms with van der Waals surface area (Å²) in [5.41, 5.74) is 11.3. The molecule has 0 bridgehead atoms. The third-order valence-corrected chi connectivity index (χ3v) is 5.34. The number of nitrogens with one attached hydrogen (secondary N) is 2. The minimum absolute atomic E-state index is 0.129. The zero-order valence-corrected chi connectivity index (χ0v) is 15.2. The Kier molecular flexibility index (Phi) is 4.46. The number of fused-ring (bicyclic) bond motifs is 2. The van der Waals surface area contributed by atoms with Crippen LogP contribution in [0.3, 0.4) is 0 Å². The van der Waals surface area contributed by atoms with Crippen LogP contribution in [0.15, 0.2) is 54.7 Å². The van der Waals surface area contributed by atoms with Gasteiger partial charge in [0.25, 0.3) is 0 Å². The molecule has 0 saturated heterocycles. The fraction of sp³-hybridized carbons (Fsp3) is 0.227. The summed E-state index contributed by atoms with van der Waals surface area (Å²) in [7, 11) is 0. The van der Waals surface area contributed by atoms with E-state index >= 15 is 0 Å². The quantitative estimate of drug-likeness (QED) is 0.415. The maximum absolute atomic E-state index is 11.4. The molecule has 5 N–H and O–H groups in total. The summed E-state index contributed by atoms with van der Waals surface area (Å²) in [6.45, 7) is 2.15. The van der Waals surface area contributed by atoms with E-state index in [0.29, 0.717) is 6.42 Å². The third kappa shape index (κ3) is 3.00. The van der Waals surface area contributed by atoms with Gasteiger partial charge in [0.15, 0.2) is 0 Å². The second kappa shape index (κ2) is 6.93. The molecule has 0 aliphatic carbocycles. The molecule has 5 nitrogen and oxygen atoms in total. The highest BCUT2D eigenvalue weighted by molar-refractivity contribution is 5.88. The molecule has 138 valence electrons. The van der Waals surface area contributed by atoms with Crippen molar-refractivity contribution >= 4 is 27.8 Å². The van der Waals surface area contributed by atoms with Gasteiger partial charge in [0.1, 0.15) is 6.04 Å². The zero-order valence-electron chi connectivity index (χ0n) is 15.2. The van der Waals surface area contributed by atoms with Gasteiger partial charge in [-0.05, 0) is 29.7 Å². The van der Waals surface area contributed by atoms with Gasteiger partial charge in [0.05, 0.1) is 0 Å². The van der Waals surface area contributed by atoms with E-state index in [1.807, 2.05) is 36.4 Å². The van der Waals surface area contributed by atoms with E-state index in [1.54, 1.807) is 0 Å². The van der Waals surface area contributed by atoms with E-state index in [9.17, 15) is 9.90 Å². The molecule has 4 rings (SSSR count). The Morgan fingerprint density at radius 2 is 1.74 bits per heavy atom. The smallest absolute Gasteiger partial charge is 0.320 e. The number of aromatic amines is 2. The first-order valence-corrected chi connectivity index (χ1v) is 9.24. The number of benzene rings is 2. The molecule has 0 saturated carbocycles. The highest BCUT2D eigenvalue weighted by Crippen LogP contribution is 2.37. The summed E-state index contributed by atoms with van der Waals surface area (Å²) in [5.74, 6) is -0.851. The average molecular weight is 361 g/mol. The van der Waals surface area contributed by atoms with E-state index in [0.717, 1.165) is 34.1 Å². The lowest BCUT2D eigenvalue weighted by Crippen LogP contribution is -2.32. The number of hydrogen-bond donors (Lipinski definition) is 4. The van der Waals surface area contributed by atoms with Crippen LogP contribution in [0.1, 0.15) is 36.1 Å². The van der Waals surface area contributed by atoms with Crippen molar-refractivity contribution < 1.29 is 9.90 Å². The number of carboxylic acid groups (broad SMARTS) is 1. The van der Waals surface area contributed by atoms with Crippen LogP contribution in [0, 0.1) is 0 Å². The van der Waals surface area contributed by atoms with Gasteiger partial charge in [-0.15, -0.1) is 0 Å². The van der Waals surface area contributed by atoms with E-state index in [4.69, 9.17) is 5.73 Å². The van der Waals surface area contributed by atoms with Crippen molar-refractivity contribution in [2.24, 2.45) is 5.73 Å². The summed E-state index contributed by atoms with van der Waals surface area (Å²) >= 11 is 0. The fourth-order valence-electron chi connectivity index (χ4n) is 4.01. The van der Waals surface area contributed by atoms with Crippen LogP contribution in [0.4, 0.5) is 0 Å². The maximum Gasteiger partial charge on any atom is 0.320 e. The molecule has 0 amide bonds. The van der Waals surface area contributed by atoms with Crippen molar-refractivity contribution in [2.75, 3.05) is 0 Å². The van der Waals surface area contributed by atoms with Crippen molar-refractivity contribution in [2.45, 2.75) is 31.7 Å². The molecule has 1 unspecified atom stereocenters. The molecule has 5 heteroatoms. The van der Waals surface area contributed by atoms with Crippen LogP contribution in [-0.2, 0) is 11.2 Å². The predicted octanol–water partition coefficient (Wildman–Crippen LogP) is 4.15. The van der Waals surface area contributed by atoms with Crippen LogP contribution < -0.4 is 5.73 Å². The van der Waals surface area contributed by atoms with Gasteiger partial charge < -0.3 is 20.8 Å². The van der Waals surface area contributed by atoms with Gasteiger partial charge >= 0.3 is 5.97 Å². The first-order chi connectivity index (χ1) is 13.1. The molecule has 0 aliphatic rings. The molecular weight excluding hydrogens is 338 g/mol. The molecule has 0 spiro atoms. The minimum Gasteiger partial charge on any atom is -0.480 e. The van der Waals surface area contributed by atoms with Crippen LogP contribution >= 0.6 is 0 Å².